The van der Waals surface area contributed by atoms with E-state index in [1.807, 2.05) is 11.4 Å². The molecule has 1 N–H and O–H groups in total. The van der Waals surface area contributed by atoms with Crippen LogP contribution in [-0.4, -0.2) is 27.3 Å². The van der Waals surface area contributed by atoms with Crippen molar-refractivity contribution in [2.45, 2.75) is 26.2 Å². The van der Waals surface area contributed by atoms with Crippen molar-refractivity contribution in [2.24, 2.45) is 5.10 Å². The first kappa shape index (κ1) is 22.5. The molecule has 0 aliphatic heterocycles. The first-order chi connectivity index (χ1) is 15.6. The summed E-state index contributed by atoms with van der Waals surface area (Å²) >= 11 is 13.6. The molecule has 0 unspecified atom stereocenters. The average Bonchev–Trinajstić information content (AvgIpc) is 3.26. The number of halogens is 2. The van der Waals surface area contributed by atoms with Gasteiger partial charge < -0.3 is 5.43 Å². The number of benzene rings is 1. The lowest BCUT2D eigenvalue weighted by atomic mass is 10.2. The highest BCUT2D eigenvalue weighted by Crippen LogP contribution is 2.28. The van der Waals surface area contributed by atoms with Crippen molar-refractivity contribution in [2.75, 3.05) is 6.54 Å². The third-order valence-corrected chi connectivity index (χ3v) is 6.21. The zero-order valence-corrected chi connectivity index (χ0v) is 19.7. The minimum Gasteiger partial charge on any atom is -0.310 e. The lowest BCUT2D eigenvalue weighted by molar-refractivity contribution is 0.641. The first-order valence-corrected chi connectivity index (χ1v) is 11.9. The van der Waals surface area contributed by atoms with Crippen LogP contribution in [-0.2, 0) is 0 Å². The summed E-state index contributed by atoms with van der Waals surface area (Å²) in [6.45, 7) is 3.02. The number of nitrogens with one attached hydrogen (secondary N) is 1. The van der Waals surface area contributed by atoms with E-state index < -0.39 is 0 Å². The molecule has 0 bridgehead atoms. The Kier molecular flexibility index (Phi) is 7.19. The maximum atomic E-state index is 13.4. The monoisotopic (exact) mass is 485 g/mol. The molecule has 32 heavy (non-hydrogen) atoms. The van der Waals surface area contributed by atoms with Crippen molar-refractivity contribution in [1.29, 1.82) is 0 Å². The van der Waals surface area contributed by atoms with Crippen LogP contribution < -0.4 is 11.0 Å². The molecular formula is C23H21Cl2N5OS. The van der Waals surface area contributed by atoms with E-state index in [9.17, 15) is 4.79 Å². The molecule has 0 fully saturated rings. The number of hydrazone groups is 1. The third-order valence-electron chi connectivity index (χ3n) is 4.81. The van der Waals surface area contributed by atoms with Crippen molar-refractivity contribution < 1.29 is 0 Å². The summed E-state index contributed by atoms with van der Waals surface area (Å²) in [5.74, 6) is 0.935. The molecule has 4 rings (SSSR count). The van der Waals surface area contributed by atoms with E-state index in [1.165, 1.54) is 34.9 Å². The van der Waals surface area contributed by atoms with E-state index in [4.69, 9.17) is 28.2 Å². The van der Waals surface area contributed by atoms with Gasteiger partial charge in [0.1, 0.15) is 5.82 Å². The second kappa shape index (κ2) is 10.3. The zero-order chi connectivity index (χ0) is 22.5. The molecule has 0 aliphatic carbocycles. The van der Waals surface area contributed by atoms with Crippen molar-refractivity contribution in [3.8, 4) is 16.5 Å². The van der Waals surface area contributed by atoms with Gasteiger partial charge in [-0.2, -0.15) is 5.10 Å². The Morgan fingerprint density at radius 3 is 2.78 bits per heavy atom. The number of pyridine rings is 1. The molecule has 1 aromatic carbocycles. The van der Waals surface area contributed by atoms with Crippen LogP contribution in [0, 0.1) is 0 Å². The Balaban J connectivity index is 1.75. The SMILES string of the molecule is CCCCCN/N=C/c1csc(-c2nc3ccc(Cl)cc3c(=O)n2-c2ccc(Cl)cn2)c1. The normalized spacial score (nSPS) is 11.5. The van der Waals surface area contributed by atoms with Gasteiger partial charge in [-0.05, 0) is 42.8 Å². The van der Waals surface area contributed by atoms with E-state index in [0.717, 1.165) is 23.4 Å². The quantitative estimate of drug-likeness (QED) is 0.190. The molecule has 0 aliphatic rings. The molecular weight excluding hydrogens is 465 g/mol. The van der Waals surface area contributed by atoms with Crippen molar-refractivity contribution in [3.63, 3.8) is 0 Å². The van der Waals surface area contributed by atoms with Gasteiger partial charge in [0, 0.05) is 28.7 Å². The summed E-state index contributed by atoms with van der Waals surface area (Å²) in [7, 11) is 0. The van der Waals surface area contributed by atoms with E-state index in [2.05, 4.69) is 22.4 Å². The molecule has 6 nitrogen and oxygen atoms in total. The smallest absolute Gasteiger partial charge is 0.267 e. The summed E-state index contributed by atoms with van der Waals surface area (Å²) in [6, 6.07) is 10.4. The van der Waals surface area contributed by atoms with E-state index in [0.29, 0.717) is 32.6 Å². The first-order valence-electron chi connectivity index (χ1n) is 10.3. The fourth-order valence-electron chi connectivity index (χ4n) is 3.21. The fraction of sp³-hybridized carbons (Fsp3) is 0.217. The molecule has 0 amide bonds. The molecule has 0 spiro atoms. The van der Waals surface area contributed by atoms with E-state index >= 15 is 0 Å². The molecule has 0 saturated carbocycles. The third kappa shape index (κ3) is 5.01. The van der Waals surface area contributed by atoms with Gasteiger partial charge in [-0.15, -0.1) is 11.3 Å². The van der Waals surface area contributed by atoms with Gasteiger partial charge in [0.25, 0.3) is 5.56 Å². The van der Waals surface area contributed by atoms with Gasteiger partial charge in [-0.25, -0.2) is 14.5 Å². The van der Waals surface area contributed by atoms with Crippen LogP contribution in [0.2, 0.25) is 10.0 Å². The molecule has 4 aromatic rings. The maximum Gasteiger partial charge on any atom is 0.267 e. The summed E-state index contributed by atoms with van der Waals surface area (Å²) in [6.07, 6.45) is 6.73. The summed E-state index contributed by atoms with van der Waals surface area (Å²) in [4.78, 5) is 23.4. The highest BCUT2D eigenvalue weighted by Gasteiger charge is 2.17. The summed E-state index contributed by atoms with van der Waals surface area (Å²) < 4.78 is 1.49. The van der Waals surface area contributed by atoms with Gasteiger partial charge in [0.15, 0.2) is 5.82 Å². The number of nitrogens with zero attached hydrogens (tertiary/aromatic N) is 4. The predicted molar refractivity (Wildman–Crippen MR) is 134 cm³/mol. The Labute approximate surface area is 199 Å². The molecule has 164 valence electrons. The van der Waals surface area contributed by atoms with Gasteiger partial charge >= 0.3 is 0 Å². The van der Waals surface area contributed by atoms with Crippen LogP contribution in [0.25, 0.3) is 27.4 Å². The summed E-state index contributed by atoms with van der Waals surface area (Å²) in [5.41, 5.74) is 4.32. The van der Waals surface area contributed by atoms with E-state index in [1.54, 1.807) is 36.5 Å². The van der Waals surface area contributed by atoms with Crippen molar-refractivity contribution in [3.05, 3.63) is 73.9 Å². The highest BCUT2D eigenvalue weighted by atomic mass is 35.5. The van der Waals surface area contributed by atoms with Crippen LogP contribution in [0.5, 0.6) is 0 Å². The van der Waals surface area contributed by atoms with Crippen LogP contribution in [0.1, 0.15) is 31.7 Å². The van der Waals surface area contributed by atoms with Crippen LogP contribution in [0.15, 0.2) is 57.9 Å². The molecule has 3 heterocycles. The standard InChI is InChI=1S/C23H21Cl2N5OS/c1-2-3-4-9-27-28-12-15-10-20(32-14-15)22-29-19-7-5-16(24)11-18(19)23(31)30(22)21-8-6-17(25)13-26-21/h5-8,10-14,27H,2-4,9H2,1H3/b28-12+. The number of fused-ring (bicyclic) bond motifs is 1. The van der Waals surface area contributed by atoms with E-state index in [-0.39, 0.29) is 5.56 Å². The number of hydrogen-bond acceptors (Lipinski definition) is 6. The van der Waals surface area contributed by atoms with Gasteiger partial charge in [-0.3, -0.25) is 4.79 Å². The van der Waals surface area contributed by atoms with Gasteiger partial charge in [0.05, 0.1) is 27.0 Å². The Bertz CT molecular complexity index is 1310. The van der Waals surface area contributed by atoms with Crippen molar-refractivity contribution in [1.82, 2.24) is 20.0 Å². The number of aromatic nitrogens is 3. The minimum atomic E-state index is -0.247. The highest BCUT2D eigenvalue weighted by molar-refractivity contribution is 7.13. The minimum absolute atomic E-state index is 0.247. The second-order valence-electron chi connectivity index (χ2n) is 7.19. The Hall–Kier alpha value is -2.74. The topological polar surface area (TPSA) is 72.2 Å². The maximum absolute atomic E-state index is 13.4. The number of thiophene rings is 1. The zero-order valence-electron chi connectivity index (χ0n) is 17.4. The molecule has 0 radical (unpaired) electrons. The second-order valence-corrected chi connectivity index (χ2v) is 8.97. The van der Waals surface area contributed by atoms with Crippen LogP contribution in [0.4, 0.5) is 0 Å². The lowest BCUT2D eigenvalue weighted by Gasteiger charge is -2.12. The Morgan fingerprint density at radius 1 is 1.16 bits per heavy atom. The number of unbranched alkanes of at least 4 members (excludes halogenated alkanes) is 2. The predicted octanol–water partition coefficient (Wildman–Crippen LogP) is 5.93. The molecule has 3 aromatic heterocycles. The molecule has 0 saturated heterocycles. The van der Waals surface area contributed by atoms with Crippen molar-refractivity contribution >= 4 is 51.7 Å². The van der Waals surface area contributed by atoms with Gasteiger partial charge in [0.2, 0.25) is 0 Å². The molecule has 9 heteroatoms. The largest absolute Gasteiger partial charge is 0.310 e. The lowest BCUT2D eigenvalue weighted by Crippen LogP contribution is -2.22. The number of hydrogen-bond donors (Lipinski definition) is 1. The molecule has 0 atom stereocenters. The number of rotatable bonds is 8. The van der Waals surface area contributed by atoms with Crippen LogP contribution >= 0.6 is 34.5 Å². The van der Waals surface area contributed by atoms with Gasteiger partial charge in [-0.1, -0.05) is 43.0 Å². The Morgan fingerprint density at radius 2 is 2.00 bits per heavy atom. The van der Waals surface area contributed by atoms with Crippen LogP contribution in [0.3, 0.4) is 0 Å². The fourth-order valence-corrected chi connectivity index (χ4v) is 4.33. The summed E-state index contributed by atoms with van der Waals surface area (Å²) in [5, 5.41) is 7.65. The average molecular weight is 486 g/mol.